The largest absolute Gasteiger partial charge is 0.497 e. The van der Waals surface area contributed by atoms with E-state index in [1.807, 2.05) is 58.6 Å². The molecule has 33 heavy (non-hydrogen) atoms. The first-order valence-corrected chi connectivity index (χ1v) is 11.8. The topological polar surface area (TPSA) is 92.8 Å². The van der Waals surface area contributed by atoms with Gasteiger partial charge in [0.15, 0.2) is 16.8 Å². The summed E-state index contributed by atoms with van der Waals surface area (Å²) < 4.78 is 14.9. The van der Waals surface area contributed by atoms with Crippen molar-refractivity contribution in [1.29, 1.82) is 0 Å². The highest BCUT2D eigenvalue weighted by molar-refractivity contribution is 7.98. The number of halogens is 1. The van der Waals surface area contributed by atoms with Gasteiger partial charge in [-0.25, -0.2) is 4.68 Å². The molecule has 4 aromatic rings. The number of benzene rings is 2. The Morgan fingerprint density at radius 2 is 1.79 bits per heavy atom. The number of methoxy groups -OCH3 is 1. The fraction of sp³-hybridized carbons (Fsp3) is 0.318. The van der Waals surface area contributed by atoms with Crippen LogP contribution in [0, 0.1) is 6.92 Å². The van der Waals surface area contributed by atoms with Gasteiger partial charge in [0.25, 0.3) is 0 Å². The molecule has 0 aliphatic heterocycles. The van der Waals surface area contributed by atoms with Gasteiger partial charge in [0, 0.05) is 11.6 Å². The first-order valence-electron chi connectivity index (χ1n) is 10.4. The minimum atomic E-state index is 0.235. The molecule has 2 aromatic carbocycles. The van der Waals surface area contributed by atoms with Gasteiger partial charge in [0.05, 0.1) is 18.6 Å². The zero-order chi connectivity index (χ0) is 23.2. The molecule has 2 aromatic heterocycles. The predicted octanol–water partition coefficient (Wildman–Crippen LogP) is 4.51. The Bertz CT molecular complexity index is 1210. The van der Waals surface area contributed by atoms with E-state index in [1.165, 1.54) is 11.8 Å². The van der Waals surface area contributed by atoms with Crippen LogP contribution in [0.2, 0.25) is 5.02 Å². The van der Waals surface area contributed by atoms with Crippen LogP contribution in [0.4, 0.5) is 0 Å². The molecular formula is C22H24ClN7O2S. The lowest BCUT2D eigenvalue weighted by atomic mass is 10.2. The van der Waals surface area contributed by atoms with Crippen LogP contribution >= 0.6 is 23.4 Å². The molecule has 4 rings (SSSR count). The van der Waals surface area contributed by atoms with Crippen LogP contribution in [0.1, 0.15) is 30.6 Å². The summed E-state index contributed by atoms with van der Waals surface area (Å²) in [4.78, 5) is 0. The number of aromatic nitrogens is 7. The van der Waals surface area contributed by atoms with Gasteiger partial charge < -0.3 is 9.47 Å². The van der Waals surface area contributed by atoms with Crippen molar-refractivity contribution in [2.24, 2.45) is 0 Å². The highest BCUT2D eigenvalue weighted by atomic mass is 35.5. The van der Waals surface area contributed by atoms with Crippen molar-refractivity contribution in [3.63, 3.8) is 0 Å². The number of tetrazole rings is 1. The number of ether oxygens (including phenoxy) is 2. The number of thioether (sulfide) groups is 1. The maximum absolute atomic E-state index is 6.42. The summed E-state index contributed by atoms with van der Waals surface area (Å²) in [6.45, 7) is 5.06. The van der Waals surface area contributed by atoms with Gasteiger partial charge in [-0.3, -0.25) is 4.57 Å². The van der Waals surface area contributed by atoms with E-state index < -0.39 is 0 Å². The number of hydrogen-bond acceptors (Lipinski definition) is 8. The van der Waals surface area contributed by atoms with E-state index in [0.29, 0.717) is 27.5 Å². The van der Waals surface area contributed by atoms with E-state index in [2.05, 4.69) is 32.6 Å². The fourth-order valence-electron chi connectivity index (χ4n) is 3.13. The van der Waals surface area contributed by atoms with E-state index in [0.717, 1.165) is 35.8 Å². The van der Waals surface area contributed by atoms with Crippen LogP contribution in [0.15, 0.2) is 47.6 Å². The smallest absolute Gasteiger partial charge is 0.196 e. The second-order valence-electron chi connectivity index (χ2n) is 7.24. The molecular weight excluding hydrogens is 462 g/mol. The molecule has 0 N–H and O–H groups in total. The molecule has 0 radical (unpaired) electrons. The van der Waals surface area contributed by atoms with Crippen LogP contribution in [0.5, 0.6) is 11.5 Å². The van der Waals surface area contributed by atoms with Gasteiger partial charge in [-0.2, -0.15) is 0 Å². The van der Waals surface area contributed by atoms with Crippen molar-refractivity contribution in [2.75, 3.05) is 7.11 Å². The zero-order valence-corrected chi connectivity index (χ0v) is 20.2. The third kappa shape index (κ3) is 5.45. The molecule has 0 aliphatic carbocycles. The second-order valence-corrected chi connectivity index (χ2v) is 8.59. The summed E-state index contributed by atoms with van der Waals surface area (Å²) in [7, 11) is 1.63. The monoisotopic (exact) mass is 485 g/mol. The van der Waals surface area contributed by atoms with Crippen molar-refractivity contribution in [3.8, 4) is 17.2 Å². The average molecular weight is 486 g/mol. The summed E-state index contributed by atoms with van der Waals surface area (Å²) >= 11 is 7.92. The van der Waals surface area contributed by atoms with E-state index in [4.69, 9.17) is 21.1 Å². The number of nitrogens with zero attached hydrogens (tertiary/aromatic N) is 7. The van der Waals surface area contributed by atoms with E-state index in [-0.39, 0.29) is 6.61 Å². The van der Waals surface area contributed by atoms with Gasteiger partial charge in [-0.15, -0.1) is 15.3 Å². The van der Waals surface area contributed by atoms with Gasteiger partial charge in [-0.05, 0) is 65.7 Å². The summed E-state index contributed by atoms with van der Waals surface area (Å²) in [6.07, 6.45) is 0.952. The normalized spacial score (nSPS) is 11.0. The molecule has 0 saturated carbocycles. The minimum Gasteiger partial charge on any atom is -0.497 e. The highest BCUT2D eigenvalue weighted by Gasteiger charge is 2.17. The molecule has 11 heteroatoms. The van der Waals surface area contributed by atoms with Crippen LogP contribution in [0.3, 0.4) is 0 Å². The lowest BCUT2D eigenvalue weighted by molar-refractivity contribution is 0.292. The molecule has 0 fully saturated rings. The van der Waals surface area contributed by atoms with Crippen LogP contribution < -0.4 is 9.47 Å². The Morgan fingerprint density at radius 1 is 1.00 bits per heavy atom. The van der Waals surface area contributed by atoms with E-state index >= 15 is 0 Å². The van der Waals surface area contributed by atoms with Crippen molar-refractivity contribution in [1.82, 2.24) is 35.0 Å². The highest BCUT2D eigenvalue weighted by Crippen LogP contribution is 2.28. The molecule has 2 heterocycles. The fourth-order valence-corrected chi connectivity index (χ4v) is 4.21. The first kappa shape index (κ1) is 23.1. The third-order valence-corrected chi connectivity index (χ3v) is 6.25. The lowest BCUT2D eigenvalue weighted by Gasteiger charge is -2.12. The molecule has 0 amide bonds. The molecule has 0 spiro atoms. The Hall–Kier alpha value is -3.11. The molecule has 172 valence electrons. The molecule has 0 bridgehead atoms. The van der Waals surface area contributed by atoms with Gasteiger partial charge in [-0.1, -0.05) is 36.4 Å². The number of rotatable bonds is 10. The van der Waals surface area contributed by atoms with E-state index in [9.17, 15) is 0 Å². The SMILES string of the molecule is CCCn1nnnc1CSc1nnc(COc2ccc(OC)cc2)n1-c1ccc(C)c(Cl)c1. The summed E-state index contributed by atoms with van der Waals surface area (Å²) in [5, 5.41) is 22.2. The van der Waals surface area contributed by atoms with Crippen molar-refractivity contribution < 1.29 is 9.47 Å². The Kier molecular flexibility index (Phi) is 7.46. The molecule has 9 nitrogen and oxygen atoms in total. The van der Waals surface area contributed by atoms with Crippen molar-refractivity contribution in [3.05, 3.63) is 64.7 Å². The Labute approximate surface area is 201 Å². The maximum Gasteiger partial charge on any atom is 0.196 e. The third-order valence-electron chi connectivity index (χ3n) is 4.91. The maximum atomic E-state index is 6.42. The average Bonchev–Trinajstić information content (AvgIpc) is 3.45. The van der Waals surface area contributed by atoms with E-state index in [1.54, 1.807) is 7.11 Å². The summed E-state index contributed by atoms with van der Waals surface area (Å²) in [6, 6.07) is 13.3. The molecule has 0 saturated heterocycles. The van der Waals surface area contributed by atoms with Crippen molar-refractivity contribution in [2.45, 2.75) is 44.3 Å². The lowest BCUT2D eigenvalue weighted by Crippen LogP contribution is -2.08. The summed E-state index contributed by atoms with van der Waals surface area (Å²) in [5.41, 5.74) is 1.86. The summed E-state index contributed by atoms with van der Waals surface area (Å²) in [5.74, 6) is 3.48. The van der Waals surface area contributed by atoms with Crippen LogP contribution in [0.25, 0.3) is 5.69 Å². The van der Waals surface area contributed by atoms with Crippen LogP contribution in [-0.2, 0) is 18.9 Å². The number of hydrogen-bond donors (Lipinski definition) is 0. The zero-order valence-electron chi connectivity index (χ0n) is 18.6. The minimum absolute atomic E-state index is 0.235. The molecule has 0 atom stereocenters. The van der Waals surface area contributed by atoms with Crippen LogP contribution in [-0.4, -0.2) is 42.1 Å². The molecule has 0 aliphatic rings. The standard InChI is InChI=1S/C22H24ClN7O2S/c1-4-11-29-21(25-27-28-29)14-33-22-26-24-20(13-32-18-9-7-17(31-3)8-10-18)30(22)16-6-5-15(2)19(23)12-16/h5-10,12H,4,11,13-14H2,1-3H3. The van der Waals surface area contributed by atoms with Gasteiger partial charge in [0.2, 0.25) is 0 Å². The quantitative estimate of drug-likeness (QED) is 0.303. The number of aryl methyl sites for hydroxylation is 2. The Morgan fingerprint density at radius 3 is 2.52 bits per heavy atom. The Balaban J connectivity index is 1.59. The van der Waals surface area contributed by atoms with Crippen molar-refractivity contribution >= 4 is 23.4 Å². The first-order chi connectivity index (χ1) is 16.1. The predicted molar refractivity (Wildman–Crippen MR) is 126 cm³/mol. The second kappa shape index (κ2) is 10.7. The van der Waals surface area contributed by atoms with Gasteiger partial charge >= 0.3 is 0 Å². The van der Waals surface area contributed by atoms with Gasteiger partial charge in [0.1, 0.15) is 18.1 Å². The molecule has 0 unspecified atom stereocenters.